The summed E-state index contributed by atoms with van der Waals surface area (Å²) >= 11 is 0. The molecule has 1 heterocycles. The van der Waals surface area contributed by atoms with E-state index in [0.29, 0.717) is 0 Å². The molecule has 0 atom stereocenters. The van der Waals surface area contributed by atoms with Crippen LogP contribution < -0.4 is 4.74 Å². The lowest BCUT2D eigenvalue weighted by Gasteiger charge is -2.18. The first-order valence-electron chi connectivity index (χ1n) is 6.22. The first-order valence-corrected chi connectivity index (χ1v) is 6.22. The van der Waals surface area contributed by atoms with Gasteiger partial charge < -0.3 is 9.64 Å². The van der Waals surface area contributed by atoms with E-state index in [0.717, 1.165) is 24.4 Å². The normalized spacial score (nSPS) is 19.2. The number of amidine groups is 1. The minimum absolute atomic E-state index is 0.878. The summed E-state index contributed by atoms with van der Waals surface area (Å²) in [4.78, 5) is 7.00. The van der Waals surface area contributed by atoms with Crippen molar-refractivity contribution < 1.29 is 4.74 Å². The second-order valence-electron chi connectivity index (χ2n) is 4.46. The molecular formula is C14H20N2O. The van der Waals surface area contributed by atoms with Crippen LogP contribution >= 0.6 is 0 Å². The van der Waals surface area contributed by atoms with Crippen molar-refractivity contribution in [3.63, 3.8) is 0 Å². The fraction of sp³-hybridized carbons (Fsp3) is 0.500. The Morgan fingerprint density at radius 3 is 2.59 bits per heavy atom. The van der Waals surface area contributed by atoms with Gasteiger partial charge >= 0.3 is 0 Å². The Labute approximate surface area is 103 Å². The summed E-state index contributed by atoms with van der Waals surface area (Å²) in [6, 6.07) is 7.92. The molecule has 0 N–H and O–H groups in total. The predicted molar refractivity (Wildman–Crippen MR) is 71.2 cm³/mol. The van der Waals surface area contributed by atoms with E-state index in [-0.39, 0.29) is 0 Å². The van der Waals surface area contributed by atoms with Gasteiger partial charge in [0.2, 0.25) is 0 Å². The van der Waals surface area contributed by atoms with Crippen LogP contribution in [0.25, 0.3) is 0 Å². The first kappa shape index (κ1) is 12.0. The summed E-state index contributed by atoms with van der Waals surface area (Å²) in [7, 11) is 3.81. The molecule has 92 valence electrons. The predicted octanol–water partition coefficient (Wildman–Crippen LogP) is 3.23. The minimum Gasteiger partial charge on any atom is -0.497 e. The van der Waals surface area contributed by atoms with Gasteiger partial charge in [-0.15, -0.1) is 0 Å². The first-order chi connectivity index (χ1) is 8.29. The summed E-state index contributed by atoms with van der Waals surface area (Å²) in [5.74, 6) is 2.08. The van der Waals surface area contributed by atoms with Crippen molar-refractivity contribution in [1.82, 2.24) is 4.90 Å². The molecule has 3 nitrogen and oxygen atoms in total. The van der Waals surface area contributed by atoms with Gasteiger partial charge in [-0.05, 0) is 37.1 Å². The van der Waals surface area contributed by atoms with E-state index in [1.807, 2.05) is 24.3 Å². The standard InChI is InChI=1S/C14H20N2O/c1-16-11-5-3-4-6-14(16)15-12-7-9-13(17-2)10-8-12/h7-10H,3-6,11H2,1-2H3. The van der Waals surface area contributed by atoms with E-state index >= 15 is 0 Å². The molecule has 0 unspecified atom stereocenters. The molecule has 3 heteroatoms. The van der Waals surface area contributed by atoms with Crippen LogP contribution in [-0.4, -0.2) is 31.4 Å². The topological polar surface area (TPSA) is 24.8 Å². The third kappa shape index (κ3) is 3.22. The monoisotopic (exact) mass is 232 g/mol. The molecule has 0 saturated carbocycles. The van der Waals surface area contributed by atoms with Gasteiger partial charge in [0.05, 0.1) is 12.8 Å². The van der Waals surface area contributed by atoms with Crippen molar-refractivity contribution in [2.45, 2.75) is 25.7 Å². The molecule has 1 saturated heterocycles. The number of nitrogens with zero attached hydrogens (tertiary/aromatic N) is 2. The Morgan fingerprint density at radius 1 is 1.12 bits per heavy atom. The number of hydrogen-bond donors (Lipinski definition) is 0. The van der Waals surface area contributed by atoms with Crippen LogP contribution in [0, 0.1) is 0 Å². The van der Waals surface area contributed by atoms with Gasteiger partial charge in [-0.25, -0.2) is 4.99 Å². The number of rotatable bonds is 2. The largest absolute Gasteiger partial charge is 0.497 e. The number of ether oxygens (including phenoxy) is 1. The van der Waals surface area contributed by atoms with Crippen molar-refractivity contribution >= 4 is 11.5 Å². The van der Waals surface area contributed by atoms with Crippen LogP contribution in [-0.2, 0) is 0 Å². The lowest BCUT2D eigenvalue weighted by atomic mass is 10.2. The highest BCUT2D eigenvalue weighted by molar-refractivity contribution is 5.84. The number of methoxy groups -OCH3 is 1. The average Bonchev–Trinajstić information content (AvgIpc) is 2.56. The molecule has 0 bridgehead atoms. The van der Waals surface area contributed by atoms with Crippen molar-refractivity contribution in [1.29, 1.82) is 0 Å². The molecule has 1 fully saturated rings. The van der Waals surface area contributed by atoms with Crippen LogP contribution in [0.5, 0.6) is 5.75 Å². The fourth-order valence-electron chi connectivity index (χ4n) is 2.08. The zero-order valence-corrected chi connectivity index (χ0v) is 10.6. The Hall–Kier alpha value is -1.51. The van der Waals surface area contributed by atoms with Gasteiger partial charge in [-0.3, -0.25) is 0 Å². The van der Waals surface area contributed by atoms with Gasteiger partial charge in [-0.2, -0.15) is 0 Å². The number of likely N-dealkylation sites (tertiary alicyclic amines) is 1. The van der Waals surface area contributed by atoms with Crippen LogP contribution in [0.4, 0.5) is 5.69 Å². The van der Waals surface area contributed by atoms with Crippen molar-refractivity contribution in [2.75, 3.05) is 20.7 Å². The number of benzene rings is 1. The molecule has 1 aliphatic rings. The smallest absolute Gasteiger partial charge is 0.119 e. The van der Waals surface area contributed by atoms with Gasteiger partial charge in [0.25, 0.3) is 0 Å². The Kier molecular flexibility index (Phi) is 4.02. The molecule has 1 aromatic carbocycles. The zero-order chi connectivity index (χ0) is 12.1. The second-order valence-corrected chi connectivity index (χ2v) is 4.46. The highest BCUT2D eigenvalue weighted by Gasteiger charge is 2.10. The van der Waals surface area contributed by atoms with E-state index in [1.165, 1.54) is 25.1 Å². The second kappa shape index (κ2) is 5.71. The highest BCUT2D eigenvalue weighted by Crippen LogP contribution is 2.20. The molecular weight excluding hydrogens is 212 g/mol. The maximum absolute atomic E-state index is 5.14. The van der Waals surface area contributed by atoms with Gasteiger partial charge in [-0.1, -0.05) is 6.42 Å². The Balaban J connectivity index is 2.15. The molecule has 0 radical (unpaired) electrons. The van der Waals surface area contributed by atoms with Crippen molar-refractivity contribution in [3.8, 4) is 5.75 Å². The molecule has 17 heavy (non-hydrogen) atoms. The Bertz CT molecular complexity index is 384. The summed E-state index contributed by atoms with van der Waals surface area (Å²) < 4.78 is 5.14. The summed E-state index contributed by atoms with van der Waals surface area (Å²) in [6.45, 7) is 1.12. The van der Waals surface area contributed by atoms with Crippen LogP contribution in [0.3, 0.4) is 0 Å². The van der Waals surface area contributed by atoms with E-state index in [1.54, 1.807) is 7.11 Å². The number of aliphatic imine (C=N–C) groups is 1. The van der Waals surface area contributed by atoms with E-state index in [9.17, 15) is 0 Å². The fourth-order valence-corrected chi connectivity index (χ4v) is 2.08. The summed E-state index contributed by atoms with van der Waals surface area (Å²) in [5, 5.41) is 0. The van der Waals surface area contributed by atoms with Crippen LogP contribution in [0.1, 0.15) is 25.7 Å². The molecule has 0 aliphatic carbocycles. The molecule has 1 aliphatic heterocycles. The van der Waals surface area contributed by atoms with Gasteiger partial charge in [0.1, 0.15) is 11.6 Å². The maximum atomic E-state index is 5.14. The molecule has 0 aromatic heterocycles. The van der Waals surface area contributed by atoms with Gasteiger partial charge in [0.15, 0.2) is 0 Å². The molecule has 2 rings (SSSR count). The van der Waals surface area contributed by atoms with Gasteiger partial charge in [0, 0.05) is 20.0 Å². The molecule has 1 aromatic rings. The molecule has 0 spiro atoms. The highest BCUT2D eigenvalue weighted by atomic mass is 16.5. The Morgan fingerprint density at radius 2 is 1.88 bits per heavy atom. The van der Waals surface area contributed by atoms with E-state index < -0.39 is 0 Å². The van der Waals surface area contributed by atoms with Crippen LogP contribution in [0.2, 0.25) is 0 Å². The van der Waals surface area contributed by atoms with E-state index in [4.69, 9.17) is 9.73 Å². The quantitative estimate of drug-likeness (QED) is 0.782. The molecule has 0 amide bonds. The summed E-state index contributed by atoms with van der Waals surface area (Å²) in [6.07, 6.45) is 4.92. The lowest BCUT2D eigenvalue weighted by molar-refractivity contribution is 0.415. The SMILES string of the molecule is COc1ccc(N=C2CCCCCN2C)cc1. The average molecular weight is 232 g/mol. The van der Waals surface area contributed by atoms with Crippen LogP contribution in [0.15, 0.2) is 29.3 Å². The van der Waals surface area contributed by atoms with Crippen molar-refractivity contribution in [2.24, 2.45) is 4.99 Å². The third-order valence-corrected chi connectivity index (χ3v) is 3.17. The third-order valence-electron chi connectivity index (χ3n) is 3.17. The van der Waals surface area contributed by atoms with E-state index in [2.05, 4.69) is 11.9 Å². The number of hydrogen-bond acceptors (Lipinski definition) is 2. The lowest BCUT2D eigenvalue weighted by Crippen LogP contribution is -2.25. The summed E-state index contributed by atoms with van der Waals surface area (Å²) in [5.41, 5.74) is 1.01. The minimum atomic E-state index is 0.878. The van der Waals surface area contributed by atoms with Crippen molar-refractivity contribution in [3.05, 3.63) is 24.3 Å². The maximum Gasteiger partial charge on any atom is 0.119 e. The zero-order valence-electron chi connectivity index (χ0n) is 10.6.